The number of aromatic amines is 1. The molecule has 3 aromatic rings. The van der Waals surface area contributed by atoms with Crippen LogP contribution in [0.25, 0.3) is 11.0 Å². The van der Waals surface area contributed by atoms with Gasteiger partial charge in [-0.3, -0.25) is 0 Å². The largest absolute Gasteiger partial charge is 0.481 e. The van der Waals surface area contributed by atoms with Crippen molar-refractivity contribution in [2.45, 2.75) is 6.54 Å². The summed E-state index contributed by atoms with van der Waals surface area (Å²) in [6.45, 7) is 0.613. The molecular weight excluding hydrogens is 294 g/mol. The lowest BCUT2D eigenvalue weighted by molar-refractivity contribution is 0.397. The molecule has 1 N–H and O–H groups in total. The van der Waals surface area contributed by atoms with Gasteiger partial charge in [0.25, 0.3) is 0 Å². The quantitative estimate of drug-likeness (QED) is 0.748. The van der Waals surface area contributed by atoms with Crippen LogP contribution in [-0.2, 0) is 6.54 Å². The molecule has 0 bridgehead atoms. The lowest BCUT2D eigenvalue weighted by atomic mass is 10.2. The Morgan fingerprint density at radius 3 is 3.05 bits per heavy atom. The van der Waals surface area contributed by atoms with E-state index in [1.165, 1.54) is 0 Å². The zero-order valence-corrected chi connectivity index (χ0v) is 12.3. The zero-order chi connectivity index (χ0) is 14.1. The molecule has 0 spiro atoms. The Kier molecular flexibility index (Phi) is 3.46. The highest BCUT2D eigenvalue weighted by molar-refractivity contribution is 7.71. The Balaban J connectivity index is 2.10. The predicted molar refractivity (Wildman–Crippen MR) is 82.0 cm³/mol. The molecular formula is C14H12ClN3OS. The number of para-hydroxylation sites is 1. The number of rotatable bonds is 3. The van der Waals surface area contributed by atoms with Gasteiger partial charge < -0.3 is 14.3 Å². The molecule has 20 heavy (non-hydrogen) atoms. The van der Waals surface area contributed by atoms with E-state index in [0.717, 1.165) is 16.6 Å². The summed E-state index contributed by atoms with van der Waals surface area (Å²) >= 11 is 11.7. The molecule has 0 amide bonds. The Labute approximate surface area is 126 Å². The van der Waals surface area contributed by atoms with Crippen molar-refractivity contribution in [3.63, 3.8) is 0 Å². The Bertz CT molecular complexity index is 825. The summed E-state index contributed by atoms with van der Waals surface area (Å²) in [5, 5.41) is 0.677. The maximum atomic E-state index is 6.28. The summed E-state index contributed by atoms with van der Waals surface area (Å²) in [4.78, 5) is 7.26. The standard InChI is InChI=1S/C14H12ClN3OS/c1-19-12-7-9(5-6-16-12)8-18-13-10(15)3-2-4-11(13)17-14(18)20/h2-7H,8H2,1H3,(H,17,20). The third-order valence-electron chi connectivity index (χ3n) is 3.09. The van der Waals surface area contributed by atoms with Gasteiger partial charge in [-0.1, -0.05) is 17.7 Å². The summed E-state index contributed by atoms with van der Waals surface area (Å²) < 4.78 is 7.75. The van der Waals surface area contributed by atoms with E-state index in [0.29, 0.717) is 22.2 Å². The molecule has 0 fully saturated rings. The molecule has 0 saturated carbocycles. The molecule has 1 aromatic carbocycles. The highest BCUT2D eigenvalue weighted by Crippen LogP contribution is 2.24. The van der Waals surface area contributed by atoms with E-state index in [4.69, 9.17) is 28.6 Å². The predicted octanol–water partition coefficient (Wildman–Crippen LogP) is 3.80. The summed E-state index contributed by atoms with van der Waals surface area (Å²) in [5.74, 6) is 0.583. The summed E-state index contributed by atoms with van der Waals surface area (Å²) in [5.41, 5.74) is 2.90. The van der Waals surface area contributed by atoms with Crippen LogP contribution in [0.5, 0.6) is 5.88 Å². The number of nitrogens with one attached hydrogen (secondary N) is 1. The van der Waals surface area contributed by atoms with Crippen molar-refractivity contribution >= 4 is 34.9 Å². The fourth-order valence-corrected chi connectivity index (χ4v) is 2.71. The number of hydrogen-bond acceptors (Lipinski definition) is 3. The van der Waals surface area contributed by atoms with Crippen molar-refractivity contribution in [2.24, 2.45) is 0 Å². The molecule has 2 heterocycles. The number of nitrogens with zero attached hydrogens (tertiary/aromatic N) is 2. The van der Waals surface area contributed by atoms with Gasteiger partial charge in [0.15, 0.2) is 4.77 Å². The van der Waals surface area contributed by atoms with Crippen molar-refractivity contribution in [3.8, 4) is 5.88 Å². The van der Waals surface area contributed by atoms with Gasteiger partial charge >= 0.3 is 0 Å². The minimum absolute atomic E-state index is 0.583. The SMILES string of the molecule is COc1cc(Cn2c(=S)[nH]c3cccc(Cl)c32)ccn1. The third kappa shape index (κ3) is 2.30. The molecule has 6 heteroatoms. The zero-order valence-electron chi connectivity index (χ0n) is 10.8. The van der Waals surface area contributed by atoms with E-state index in [9.17, 15) is 0 Å². The number of hydrogen-bond donors (Lipinski definition) is 1. The van der Waals surface area contributed by atoms with Crippen LogP contribution in [0.1, 0.15) is 5.56 Å². The van der Waals surface area contributed by atoms with Gasteiger partial charge in [0.05, 0.1) is 29.7 Å². The molecule has 0 saturated heterocycles. The van der Waals surface area contributed by atoms with Crippen LogP contribution in [0.4, 0.5) is 0 Å². The van der Waals surface area contributed by atoms with Crippen molar-refractivity contribution in [2.75, 3.05) is 7.11 Å². The number of halogens is 1. The van der Waals surface area contributed by atoms with Crippen LogP contribution in [0.2, 0.25) is 5.02 Å². The number of H-pyrrole nitrogens is 1. The molecule has 0 aliphatic heterocycles. The number of ether oxygens (including phenoxy) is 1. The van der Waals surface area contributed by atoms with Crippen LogP contribution >= 0.6 is 23.8 Å². The van der Waals surface area contributed by atoms with Crippen LogP contribution in [0.3, 0.4) is 0 Å². The topological polar surface area (TPSA) is 42.8 Å². The minimum Gasteiger partial charge on any atom is -0.481 e. The second-order valence-corrected chi connectivity index (χ2v) is 5.15. The molecule has 2 aromatic heterocycles. The highest BCUT2D eigenvalue weighted by Gasteiger charge is 2.09. The lowest BCUT2D eigenvalue weighted by Crippen LogP contribution is -2.01. The Hall–Kier alpha value is -1.85. The average molecular weight is 306 g/mol. The van der Waals surface area contributed by atoms with Gasteiger partial charge in [0.2, 0.25) is 5.88 Å². The lowest BCUT2D eigenvalue weighted by Gasteiger charge is -2.07. The first kappa shape index (κ1) is 13.1. The van der Waals surface area contributed by atoms with Gasteiger partial charge in [0, 0.05) is 12.3 Å². The average Bonchev–Trinajstić information content (AvgIpc) is 2.77. The van der Waals surface area contributed by atoms with Crippen LogP contribution in [0.15, 0.2) is 36.5 Å². The van der Waals surface area contributed by atoms with Gasteiger partial charge in [-0.2, -0.15) is 0 Å². The maximum absolute atomic E-state index is 6.28. The highest BCUT2D eigenvalue weighted by atomic mass is 35.5. The number of pyridine rings is 1. The number of imidazole rings is 1. The number of aromatic nitrogens is 3. The monoisotopic (exact) mass is 305 g/mol. The molecule has 3 rings (SSSR count). The summed E-state index contributed by atoms with van der Waals surface area (Å²) in [6, 6.07) is 9.53. The fourth-order valence-electron chi connectivity index (χ4n) is 2.17. The minimum atomic E-state index is 0.583. The fraction of sp³-hybridized carbons (Fsp3) is 0.143. The second kappa shape index (κ2) is 5.26. The molecule has 0 aliphatic carbocycles. The summed E-state index contributed by atoms with van der Waals surface area (Å²) in [7, 11) is 1.60. The van der Waals surface area contributed by atoms with E-state index in [-0.39, 0.29) is 0 Å². The number of fused-ring (bicyclic) bond motifs is 1. The van der Waals surface area contributed by atoms with E-state index >= 15 is 0 Å². The normalized spacial score (nSPS) is 10.9. The smallest absolute Gasteiger partial charge is 0.213 e. The van der Waals surface area contributed by atoms with Crippen molar-refractivity contribution in [3.05, 3.63) is 51.9 Å². The molecule has 0 radical (unpaired) electrons. The van der Waals surface area contributed by atoms with Crippen molar-refractivity contribution in [1.29, 1.82) is 0 Å². The first-order chi connectivity index (χ1) is 9.69. The third-order valence-corrected chi connectivity index (χ3v) is 3.72. The van der Waals surface area contributed by atoms with Gasteiger partial charge in [0.1, 0.15) is 0 Å². The Morgan fingerprint density at radius 2 is 2.25 bits per heavy atom. The first-order valence-corrected chi connectivity index (χ1v) is 6.83. The van der Waals surface area contributed by atoms with E-state index in [2.05, 4.69) is 9.97 Å². The van der Waals surface area contributed by atoms with E-state index in [1.54, 1.807) is 13.3 Å². The van der Waals surface area contributed by atoms with Gasteiger partial charge in [-0.25, -0.2) is 4.98 Å². The summed E-state index contributed by atoms with van der Waals surface area (Å²) in [6.07, 6.45) is 1.72. The van der Waals surface area contributed by atoms with Crippen LogP contribution < -0.4 is 4.74 Å². The molecule has 102 valence electrons. The maximum Gasteiger partial charge on any atom is 0.213 e. The molecule has 0 unspecified atom stereocenters. The van der Waals surface area contributed by atoms with E-state index < -0.39 is 0 Å². The van der Waals surface area contributed by atoms with Crippen molar-refractivity contribution in [1.82, 2.24) is 14.5 Å². The Morgan fingerprint density at radius 1 is 1.40 bits per heavy atom. The van der Waals surface area contributed by atoms with Crippen LogP contribution in [0, 0.1) is 4.77 Å². The molecule has 4 nitrogen and oxygen atoms in total. The first-order valence-electron chi connectivity index (χ1n) is 6.05. The van der Waals surface area contributed by atoms with Gasteiger partial charge in [-0.05, 0) is 36.0 Å². The van der Waals surface area contributed by atoms with Crippen LogP contribution in [-0.4, -0.2) is 21.6 Å². The number of methoxy groups -OCH3 is 1. The molecule has 0 atom stereocenters. The molecule has 0 aliphatic rings. The van der Waals surface area contributed by atoms with Gasteiger partial charge in [-0.15, -0.1) is 0 Å². The number of benzene rings is 1. The van der Waals surface area contributed by atoms with E-state index in [1.807, 2.05) is 34.9 Å². The second-order valence-electron chi connectivity index (χ2n) is 4.36. The van der Waals surface area contributed by atoms with Crippen molar-refractivity contribution < 1.29 is 4.74 Å².